The Morgan fingerprint density at radius 3 is 2.58 bits per heavy atom. The summed E-state index contributed by atoms with van der Waals surface area (Å²) in [6.45, 7) is 2.02. The van der Waals surface area contributed by atoms with Gasteiger partial charge in [0.1, 0.15) is 0 Å². The summed E-state index contributed by atoms with van der Waals surface area (Å²) in [5.74, 6) is -0.0597. The maximum atomic E-state index is 12.0. The molecule has 2 nitrogen and oxygen atoms in total. The van der Waals surface area contributed by atoms with Crippen molar-refractivity contribution in [3.8, 4) is 0 Å². The number of carbonyl (C=O) groups is 1. The third kappa shape index (κ3) is 2.27. The largest absolute Gasteiger partial charge is 0.321 e. The van der Waals surface area contributed by atoms with Crippen LogP contribution in [0.5, 0.6) is 0 Å². The monoisotopic (exact) mass is 269 g/mol. The zero-order valence-corrected chi connectivity index (χ0v) is 11.2. The van der Waals surface area contributed by atoms with Crippen molar-refractivity contribution in [2.24, 2.45) is 0 Å². The number of aryl methyl sites for hydroxylation is 1. The molecule has 0 bridgehead atoms. The zero-order chi connectivity index (χ0) is 13.4. The maximum Gasteiger partial charge on any atom is 0.256 e. The van der Waals surface area contributed by atoms with Gasteiger partial charge in [-0.25, -0.2) is 0 Å². The molecule has 0 aromatic heterocycles. The molecule has 0 atom stereocenters. The Hall–Kier alpha value is -2.06. The van der Waals surface area contributed by atoms with Gasteiger partial charge in [0.05, 0.1) is 0 Å². The molecule has 3 rings (SSSR count). The van der Waals surface area contributed by atoms with E-state index in [-0.39, 0.29) is 5.91 Å². The number of carbonyl (C=O) groups excluding carboxylic acids is 1. The second-order valence-corrected chi connectivity index (χ2v) is 5.05. The quantitative estimate of drug-likeness (QED) is 0.775. The van der Waals surface area contributed by atoms with E-state index in [1.807, 2.05) is 55.5 Å². The summed E-state index contributed by atoms with van der Waals surface area (Å²) in [6.07, 6.45) is 1.89. The normalized spacial score (nSPS) is 15.5. The number of rotatable bonds is 1. The van der Waals surface area contributed by atoms with Crippen LogP contribution in [0.4, 0.5) is 5.69 Å². The summed E-state index contributed by atoms with van der Waals surface area (Å²) < 4.78 is 0. The number of benzene rings is 2. The van der Waals surface area contributed by atoms with E-state index in [0.717, 1.165) is 22.4 Å². The third-order valence-electron chi connectivity index (χ3n) is 3.14. The van der Waals surface area contributed by atoms with E-state index in [4.69, 9.17) is 11.6 Å². The van der Waals surface area contributed by atoms with Crippen molar-refractivity contribution in [1.82, 2.24) is 0 Å². The molecular weight excluding hydrogens is 258 g/mol. The van der Waals surface area contributed by atoms with E-state index in [2.05, 4.69) is 5.32 Å². The molecule has 0 radical (unpaired) electrons. The minimum Gasteiger partial charge on any atom is -0.321 e. The van der Waals surface area contributed by atoms with E-state index in [0.29, 0.717) is 10.6 Å². The highest BCUT2D eigenvalue weighted by atomic mass is 35.5. The standard InChI is InChI=1S/C16H12ClNO/c1-10-2-7-15-13(8-10)14(16(19)18-15)9-11-3-5-12(17)6-4-11/h2-9H,1H3,(H,18,19)/b14-9-. The third-order valence-corrected chi connectivity index (χ3v) is 3.39. The molecule has 0 fully saturated rings. The molecule has 1 amide bonds. The van der Waals surface area contributed by atoms with Crippen LogP contribution in [0.15, 0.2) is 42.5 Å². The van der Waals surface area contributed by atoms with E-state index in [1.54, 1.807) is 0 Å². The molecule has 2 aromatic rings. The molecule has 0 saturated carbocycles. The first-order chi connectivity index (χ1) is 9.13. The number of halogens is 1. The summed E-state index contributed by atoms with van der Waals surface area (Å²) in [4.78, 5) is 12.0. The first-order valence-electron chi connectivity index (χ1n) is 6.03. The van der Waals surface area contributed by atoms with Gasteiger partial charge in [-0.2, -0.15) is 0 Å². The van der Waals surface area contributed by atoms with Crippen LogP contribution in [0, 0.1) is 6.92 Å². The first-order valence-corrected chi connectivity index (χ1v) is 6.41. The van der Waals surface area contributed by atoms with Gasteiger partial charge in [-0.05, 0) is 42.8 Å². The van der Waals surface area contributed by atoms with Crippen LogP contribution in [-0.4, -0.2) is 5.91 Å². The lowest BCUT2D eigenvalue weighted by molar-refractivity contribution is -0.110. The van der Waals surface area contributed by atoms with Crippen LogP contribution in [-0.2, 0) is 4.79 Å². The summed E-state index contributed by atoms with van der Waals surface area (Å²) in [6, 6.07) is 13.4. The van der Waals surface area contributed by atoms with Crippen LogP contribution >= 0.6 is 11.6 Å². The van der Waals surface area contributed by atoms with Gasteiger partial charge in [0.15, 0.2) is 0 Å². The Morgan fingerprint density at radius 1 is 1.11 bits per heavy atom. The number of anilines is 1. The van der Waals surface area contributed by atoms with Crippen molar-refractivity contribution in [2.75, 3.05) is 5.32 Å². The highest BCUT2D eigenvalue weighted by Gasteiger charge is 2.23. The van der Waals surface area contributed by atoms with Crippen LogP contribution in [0.25, 0.3) is 11.6 Å². The Kier molecular flexibility index (Phi) is 2.88. The number of amides is 1. The molecule has 2 aromatic carbocycles. The maximum absolute atomic E-state index is 12.0. The smallest absolute Gasteiger partial charge is 0.256 e. The number of nitrogens with one attached hydrogen (secondary N) is 1. The Morgan fingerprint density at radius 2 is 1.84 bits per heavy atom. The van der Waals surface area contributed by atoms with Crippen molar-refractivity contribution in [3.63, 3.8) is 0 Å². The highest BCUT2D eigenvalue weighted by molar-refractivity contribution is 6.35. The molecule has 3 heteroatoms. The SMILES string of the molecule is Cc1ccc2c(c1)/C(=C/c1ccc(Cl)cc1)C(=O)N2. The van der Waals surface area contributed by atoms with Gasteiger partial charge in [0.2, 0.25) is 0 Å². The minimum atomic E-state index is -0.0597. The lowest BCUT2D eigenvalue weighted by Gasteiger charge is -2.00. The van der Waals surface area contributed by atoms with Gasteiger partial charge in [0.25, 0.3) is 5.91 Å². The summed E-state index contributed by atoms with van der Waals surface area (Å²) in [7, 11) is 0. The summed E-state index contributed by atoms with van der Waals surface area (Å²) in [5.41, 5.74) is 4.62. The van der Waals surface area contributed by atoms with E-state index in [9.17, 15) is 4.79 Å². The number of fused-ring (bicyclic) bond motifs is 1. The van der Waals surface area contributed by atoms with Crippen molar-refractivity contribution >= 4 is 34.8 Å². The molecule has 0 spiro atoms. The van der Waals surface area contributed by atoms with Gasteiger partial charge >= 0.3 is 0 Å². The van der Waals surface area contributed by atoms with Crippen molar-refractivity contribution < 1.29 is 4.79 Å². The molecule has 1 aliphatic rings. The van der Waals surface area contributed by atoms with Crippen molar-refractivity contribution in [3.05, 3.63) is 64.2 Å². The van der Waals surface area contributed by atoms with Crippen LogP contribution in [0.3, 0.4) is 0 Å². The molecule has 1 aliphatic heterocycles. The van der Waals surface area contributed by atoms with Gasteiger partial charge in [-0.15, -0.1) is 0 Å². The predicted molar refractivity (Wildman–Crippen MR) is 79.1 cm³/mol. The average molecular weight is 270 g/mol. The molecule has 19 heavy (non-hydrogen) atoms. The number of hydrogen-bond donors (Lipinski definition) is 1. The lowest BCUT2D eigenvalue weighted by Crippen LogP contribution is -2.03. The molecule has 0 saturated heterocycles. The van der Waals surface area contributed by atoms with E-state index < -0.39 is 0 Å². The lowest BCUT2D eigenvalue weighted by atomic mass is 10.0. The fourth-order valence-electron chi connectivity index (χ4n) is 2.17. The van der Waals surface area contributed by atoms with Crippen molar-refractivity contribution in [2.45, 2.75) is 6.92 Å². The first kappa shape index (κ1) is 12.0. The van der Waals surface area contributed by atoms with E-state index >= 15 is 0 Å². The molecule has 0 unspecified atom stereocenters. The fraction of sp³-hybridized carbons (Fsp3) is 0.0625. The molecule has 0 aliphatic carbocycles. The second kappa shape index (κ2) is 4.56. The van der Waals surface area contributed by atoms with Gasteiger partial charge < -0.3 is 5.32 Å². The molecule has 94 valence electrons. The predicted octanol–water partition coefficient (Wildman–Crippen LogP) is 4.14. The van der Waals surface area contributed by atoms with E-state index in [1.165, 1.54) is 0 Å². The van der Waals surface area contributed by atoms with Gasteiger partial charge in [0, 0.05) is 21.8 Å². The average Bonchev–Trinajstić information content (AvgIpc) is 2.69. The molecule has 1 N–H and O–H groups in total. The summed E-state index contributed by atoms with van der Waals surface area (Å²) >= 11 is 5.86. The zero-order valence-electron chi connectivity index (χ0n) is 10.4. The van der Waals surface area contributed by atoms with Crippen LogP contribution in [0.1, 0.15) is 16.7 Å². The van der Waals surface area contributed by atoms with Crippen LogP contribution < -0.4 is 5.32 Å². The highest BCUT2D eigenvalue weighted by Crippen LogP contribution is 2.33. The fourth-order valence-corrected chi connectivity index (χ4v) is 2.30. The number of hydrogen-bond acceptors (Lipinski definition) is 1. The molecular formula is C16H12ClNO. The minimum absolute atomic E-state index is 0.0597. The van der Waals surface area contributed by atoms with Crippen LogP contribution in [0.2, 0.25) is 5.02 Å². The van der Waals surface area contributed by atoms with Gasteiger partial charge in [-0.1, -0.05) is 35.4 Å². The van der Waals surface area contributed by atoms with Gasteiger partial charge in [-0.3, -0.25) is 4.79 Å². The molecule has 1 heterocycles. The van der Waals surface area contributed by atoms with Crippen molar-refractivity contribution in [1.29, 1.82) is 0 Å². The Bertz CT molecular complexity index is 686. The Balaban J connectivity index is 2.08. The summed E-state index contributed by atoms with van der Waals surface area (Å²) in [5, 5.41) is 3.56. The topological polar surface area (TPSA) is 29.1 Å². The Labute approximate surface area is 116 Å². The second-order valence-electron chi connectivity index (χ2n) is 4.61.